The van der Waals surface area contributed by atoms with Gasteiger partial charge in [-0.25, -0.2) is 0 Å². The molecule has 1 atom stereocenters. The maximum atomic E-state index is 3.52. The fourth-order valence-electron chi connectivity index (χ4n) is 1.72. The van der Waals surface area contributed by atoms with Crippen molar-refractivity contribution in [2.24, 2.45) is 0 Å². The van der Waals surface area contributed by atoms with Crippen molar-refractivity contribution in [2.45, 2.75) is 32.7 Å². The molecular weight excluding hydrogens is 208 g/mol. The topological polar surface area (TPSA) is 15.3 Å². The van der Waals surface area contributed by atoms with E-state index >= 15 is 0 Å². The number of hydrogen-bond acceptors (Lipinski definition) is 2. The molecular formula is C15H26N2. The molecule has 0 radical (unpaired) electrons. The van der Waals surface area contributed by atoms with E-state index in [4.69, 9.17) is 0 Å². The van der Waals surface area contributed by atoms with Crippen molar-refractivity contribution in [1.82, 2.24) is 10.2 Å². The largest absolute Gasteiger partial charge is 0.313 e. The molecule has 17 heavy (non-hydrogen) atoms. The molecule has 0 fully saturated rings. The predicted octanol–water partition coefficient (Wildman–Crippen LogP) is 2.55. The SMILES string of the molecule is CCC(C)NCCN(C)CCc1ccccc1. The summed E-state index contributed by atoms with van der Waals surface area (Å²) in [6.45, 7) is 7.80. The fraction of sp³-hybridized carbons (Fsp3) is 0.600. The lowest BCUT2D eigenvalue weighted by atomic mass is 10.1. The van der Waals surface area contributed by atoms with Crippen molar-refractivity contribution < 1.29 is 0 Å². The second-order valence-electron chi connectivity index (χ2n) is 4.80. The van der Waals surface area contributed by atoms with Crippen LogP contribution in [0, 0.1) is 0 Å². The molecule has 1 rings (SSSR count). The van der Waals surface area contributed by atoms with E-state index in [2.05, 4.69) is 61.4 Å². The van der Waals surface area contributed by atoms with E-state index in [0.29, 0.717) is 6.04 Å². The van der Waals surface area contributed by atoms with Crippen LogP contribution in [0.1, 0.15) is 25.8 Å². The highest BCUT2D eigenvalue weighted by Gasteiger charge is 2.00. The fourth-order valence-corrected chi connectivity index (χ4v) is 1.72. The molecule has 0 aliphatic heterocycles. The van der Waals surface area contributed by atoms with Crippen molar-refractivity contribution in [3.8, 4) is 0 Å². The van der Waals surface area contributed by atoms with Crippen LogP contribution in [0.5, 0.6) is 0 Å². The molecule has 1 aromatic carbocycles. The third kappa shape index (κ3) is 6.44. The third-order valence-electron chi connectivity index (χ3n) is 3.22. The quantitative estimate of drug-likeness (QED) is 0.743. The van der Waals surface area contributed by atoms with Gasteiger partial charge in [0.2, 0.25) is 0 Å². The van der Waals surface area contributed by atoms with Crippen LogP contribution >= 0.6 is 0 Å². The molecule has 0 saturated heterocycles. The molecule has 0 saturated carbocycles. The van der Waals surface area contributed by atoms with E-state index in [-0.39, 0.29) is 0 Å². The Labute approximate surface area is 106 Å². The predicted molar refractivity (Wildman–Crippen MR) is 75.4 cm³/mol. The molecule has 96 valence electrons. The van der Waals surface area contributed by atoms with Gasteiger partial charge in [0, 0.05) is 25.7 Å². The summed E-state index contributed by atoms with van der Waals surface area (Å²) in [5, 5.41) is 3.52. The Morgan fingerprint density at radius 1 is 1.18 bits per heavy atom. The summed E-state index contributed by atoms with van der Waals surface area (Å²) in [6, 6.07) is 11.3. The highest BCUT2D eigenvalue weighted by molar-refractivity contribution is 5.14. The molecule has 0 aliphatic carbocycles. The van der Waals surface area contributed by atoms with Crippen LogP contribution in [-0.4, -0.2) is 37.6 Å². The van der Waals surface area contributed by atoms with E-state index in [0.717, 1.165) is 26.1 Å². The van der Waals surface area contributed by atoms with E-state index in [1.807, 2.05) is 0 Å². The van der Waals surface area contributed by atoms with E-state index < -0.39 is 0 Å². The number of hydrogen-bond donors (Lipinski definition) is 1. The van der Waals surface area contributed by atoms with Crippen molar-refractivity contribution >= 4 is 0 Å². The lowest BCUT2D eigenvalue weighted by molar-refractivity contribution is 0.328. The minimum atomic E-state index is 0.637. The molecule has 1 N–H and O–H groups in total. The minimum absolute atomic E-state index is 0.637. The maximum Gasteiger partial charge on any atom is 0.0104 e. The molecule has 0 bridgehead atoms. The van der Waals surface area contributed by atoms with Gasteiger partial charge in [0.15, 0.2) is 0 Å². The van der Waals surface area contributed by atoms with Gasteiger partial charge in [-0.3, -0.25) is 0 Å². The van der Waals surface area contributed by atoms with Crippen LogP contribution in [0.4, 0.5) is 0 Å². The first-order valence-electron chi connectivity index (χ1n) is 6.68. The van der Waals surface area contributed by atoms with Gasteiger partial charge in [0.1, 0.15) is 0 Å². The second-order valence-corrected chi connectivity index (χ2v) is 4.80. The van der Waals surface area contributed by atoms with Crippen molar-refractivity contribution in [3.05, 3.63) is 35.9 Å². The first kappa shape index (κ1) is 14.2. The summed E-state index contributed by atoms with van der Waals surface area (Å²) >= 11 is 0. The standard InChI is InChI=1S/C15H26N2/c1-4-14(2)16-11-13-17(3)12-10-15-8-6-5-7-9-15/h5-9,14,16H,4,10-13H2,1-3H3. The number of nitrogens with one attached hydrogen (secondary N) is 1. The number of rotatable bonds is 8. The van der Waals surface area contributed by atoms with Crippen molar-refractivity contribution in [2.75, 3.05) is 26.7 Å². The van der Waals surface area contributed by atoms with Crippen LogP contribution in [-0.2, 0) is 6.42 Å². The Kier molecular flexibility index (Phi) is 6.90. The average Bonchev–Trinajstić information content (AvgIpc) is 2.37. The maximum absolute atomic E-state index is 3.52. The molecule has 2 heteroatoms. The lowest BCUT2D eigenvalue weighted by Crippen LogP contribution is -2.34. The summed E-state index contributed by atoms with van der Waals surface area (Å²) in [6.07, 6.45) is 2.34. The van der Waals surface area contributed by atoms with E-state index in [1.54, 1.807) is 0 Å². The molecule has 0 heterocycles. The van der Waals surface area contributed by atoms with Crippen LogP contribution in [0.25, 0.3) is 0 Å². The van der Waals surface area contributed by atoms with Gasteiger partial charge in [0.05, 0.1) is 0 Å². The van der Waals surface area contributed by atoms with Crippen molar-refractivity contribution in [1.29, 1.82) is 0 Å². The summed E-state index contributed by atoms with van der Waals surface area (Å²) in [7, 11) is 2.20. The third-order valence-corrected chi connectivity index (χ3v) is 3.22. The number of nitrogens with zero attached hydrogens (tertiary/aromatic N) is 1. The van der Waals surface area contributed by atoms with Crippen LogP contribution < -0.4 is 5.32 Å². The lowest BCUT2D eigenvalue weighted by Gasteiger charge is -2.18. The van der Waals surface area contributed by atoms with Gasteiger partial charge in [-0.15, -0.1) is 0 Å². The zero-order valence-corrected chi connectivity index (χ0v) is 11.4. The van der Waals surface area contributed by atoms with Gasteiger partial charge in [-0.1, -0.05) is 37.3 Å². The summed E-state index contributed by atoms with van der Waals surface area (Å²) in [5.41, 5.74) is 1.43. The minimum Gasteiger partial charge on any atom is -0.313 e. The summed E-state index contributed by atoms with van der Waals surface area (Å²) in [5.74, 6) is 0. The number of benzene rings is 1. The first-order chi connectivity index (χ1) is 8.22. The Morgan fingerprint density at radius 2 is 1.88 bits per heavy atom. The normalized spacial score (nSPS) is 12.9. The molecule has 0 spiro atoms. The molecule has 1 aromatic rings. The van der Waals surface area contributed by atoms with E-state index in [9.17, 15) is 0 Å². The Morgan fingerprint density at radius 3 is 2.53 bits per heavy atom. The zero-order chi connectivity index (χ0) is 12.5. The first-order valence-corrected chi connectivity index (χ1v) is 6.68. The van der Waals surface area contributed by atoms with E-state index in [1.165, 1.54) is 12.0 Å². The number of likely N-dealkylation sites (N-methyl/N-ethyl adjacent to an activating group) is 1. The zero-order valence-electron chi connectivity index (χ0n) is 11.4. The second kappa shape index (κ2) is 8.26. The van der Waals surface area contributed by atoms with Gasteiger partial charge in [0.25, 0.3) is 0 Å². The summed E-state index contributed by atoms with van der Waals surface area (Å²) < 4.78 is 0. The Bertz CT molecular complexity index is 284. The molecule has 0 aliphatic rings. The molecule has 0 amide bonds. The molecule has 0 aromatic heterocycles. The summed E-state index contributed by atoms with van der Waals surface area (Å²) in [4.78, 5) is 2.39. The highest BCUT2D eigenvalue weighted by atomic mass is 15.1. The van der Waals surface area contributed by atoms with Gasteiger partial charge < -0.3 is 10.2 Å². The average molecular weight is 234 g/mol. The van der Waals surface area contributed by atoms with Gasteiger partial charge in [-0.05, 0) is 32.4 Å². The van der Waals surface area contributed by atoms with Gasteiger partial charge >= 0.3 is 0 Å². The molecule has 1 unspecified atom stereocenters. The Hall–Kier alpha value is -0.860. The smallest absolute Gasteiger partial charge is 0.0104 e. The Balaban J connectivity index is 2.11. The molecule has 2 nitrogen and oxygen atoms in total. The highest BCUT2D eigenvalue weighted by Crippen LogP contribution is 2.00. The van der Waals surface area contributed by atoms with Crippen LogP contribution in [0.15, 0.2) is 30.3 Å². The van der Waals surface area contributed by atoms with Crippen LogP contribution in [0.2, 0.25) is 0 Å². The van der Waals surface area contributed by atoms with Crippen LogP contribution in [0.3, 0.4) is 0 Å². The monoisotopic (exact) mass is 234 g/mol. The van der Waals surface area contributed by atoms with Crippen molar-refractivity contribution in [3.63, 3.8) is 0 Å². The van der Waals surface area contributed by atoms with Gasteiger partial charge in [-0.2, -0.15) is 0 Å².